The van der Waals surface area contributed by atoms with E-state index in [1.54, 1.807) is 0 Å². The third-order valence-electron chi connectivity index (χ3n) is 6.00. The Morgan fingerprint density at radius 1 is 0.394 bits per heavy atom. The van der Waals surface area contributed by atoms with Crippen molar-refractivity contribution in [3.8, 4) is 0 Å². The lowest BCUT2D eigenvalue weighted by atomic mass is 10.2. The first-order valence-corrected chi connectivity index (χ1v) is 19.8. The van der Waals surface area contributed by atoms with Crippen LogP contribution in [0.5, 0.6) is 0 Å². The van der Waals surface area contributed by atoms with Gasteiger partial charge < -0.3 is 31.9 Å². The van der Waals surface area contributed by atoms with E-state index in [1.165, 1.54) is 27.7 Å². The third-order valence-corrected chi connectivity index (χ3v) is 6.00. The molecule has 0 bridgehead atoms. The van der Waals surface area contributed by atoms with Crippen LogP contribution in [0, 0.1) is 0 Å². The van der Waals surface area contributed by atoms with Crippen LogP contribution in [-0.2, 0) is 59.2 Å². The lowest BCUT2D eigenvalue weighted by Gasteiger charge is -2.17. The van der Waals surface area contributed by atoms with Crippen LogP contribution in [0.2, 0.25) is 0 Å². The van der Waals surface area contributed by atoms with Crippen molar-refractivity contribution in [2.45, 2.75) is 27.7 Å². The number of aromatic nitrogens is 4. The number of anilines is 8. The minimum absolute atomic E-state index is 0.111. The van der Waals surface area contributed by atoms with Gasteiger partial charge in [-0.2, -0.15) is 36.8 Å². The maximum absolute atomic E-state index is 12.2. The van der Waals surface area contributed by atoms with Crippen molar-refractivity contribution in [1.29, 1.82) is 0 Å². The summed E-state index contributed by atoms with van der Waals surface area (Å²) in [7, 11) is -9.33. The molecule has 0 atom stereocenters. The quantitative estimate of drug-likeness (QED) is 0.0847. The molecule has 0 saturated carbocycles. The second-order valence-corrected chi connectivity index (χ2v) is 13.6. The van der Waals surface area contributed by atoms with Crippen LogP contribution in [0.3, 0.4) is 0 Å². The maximum Gasteiger partial charge on any atom is 0.394 e. The topological polar surface area (TPSA) is 434 Å². The minimum Gasteiger partial charge on any atom is -0.316 e. The Labute approximate surface area is 376 Å². The Bertz CT molecular complexity index is 2470. The van der Waals surface area contributed by atoms with Crippen molar-refractivity contribution in [3.05, 3.63) is 99.2 Å². The molecule has 0 aromatic carbocycles. The van der Waals surface area contributed by atoms with Crippen LogP contribution in [0.25, 0.3) is 0 Å². The molecule has 2 aromatic heterocycles. The van der Waals surface area contributed by atoms with Crippen LogP contribution in [0.4, 0.5) is 46.5 Å². The van der Waals surface area contributed by atoms with Gasteiger partial charge in [0.15, 0.2) is 23.3 Å². The molecule has 0 spiro atoms. The van der Waals surface area contributed by atoms with Crippen LogP contribution in [0.15, 0.2) is 99.2 Å². The van der Waals surface area contributed by atoms with Crippen LogP contribution >= 0.6 is 0 Å². The molecule has 0 radical (unpaired) electrons. The zero-order valence-electron chi connectivity index (χ0n) is 35.3. The van der Waals surface area contributed by atoms with Crippen molar-refractivity contribution in [1.82, 2.24) is 19.9 Å². The number of amides is 8. The Morgan fingerprint density at radius 2 is 0.606 bits per heavy atom. The molecule has 0 aliphatic carbocycles. The van der Waals surface area contributed by atoms with Crippen molar-refractivity contribution >= 4 is 115 Å². The zero-order chi connectivity index (χ0) is 51.9. The van der Waals surface area contributed by atoms with Gasteiger partial charge in [-0.25, -0.2) is 0 Å². The Balaban J connectivity index is 0. The van der Waals surface area contributed by atoms with Crippen LogP contribution in [-0.4, -0.2) is 102 Å². The summed E-state index contributed by atoms with van der Waals surface area (Å²) in [6, 6.07) is 0. The molecule has 2 aromatic rings. The average Bonchev–Trinajstić information content (AvgIpc) is 3.18. The van der Waals surface area contributed by atoms with E-state index in [-0.39, 0.29) is 68.8 Å². The summed E-state index contributed by atoms with van der Waals surface area (Å²) in [6.07, 6.45) is 3.86. The van der Waals surface area contributed by atoms with E-state index in [0.717, 1.165) is 24.3 Å². The fourth-order valence-electron chi connectivity index (χ4n) is 3.16. The van der Waals surface area contributed by atoms with Crippen LogP contribution in [0.1, 0.15) is 27.7 Å². The SMILES string of the molecule is C=C(C)C(=O)Nc1nc(NC(=O)C(=C)C)c(NC(=O)C(=C)C)c(NC(=O)C(=C)C)n1.C=CC(=O)Nc1nc(NC(=O)C=C)c(NC(=O)C=C)c(NC(=O)C=C)n1.O=S(=O)(O)O.O=S(=O)(O)O. The Hall–Kier alpha value is -8.42. The van der Waals surface area contributed by atoms with Crippen molar-refractivity contribution in [3.63, 3.8) is 0 Å². The molecular weight excluding hydrogens is 921 g/mol. The molecule has 0 aliphatic rings. The smallest absolute Gasteiger partial charge is 0.316 e. The molecule has 8 amide bonds. The van der Waals surface area contributed by atoms with E-state index in [2.05, 4.69) is 115 Å². The molecule has 2 rings (SSSR count). The molecule has 28 nitrogen and oxygen atoms in total. The summed E-state index contributed by atoms with van der Waals surface area (Å²) in [6.45, 7) is 33.2. The highest BCUT2D eigenvalue weighted by atomic mass is 32.3. The Morgan fingerprint density at radius 3 is 0.894 bits per heavy atom. The summed E-state index contributed by atoms with van der Waals surface area (Å²) in [5.74, 6) is -6.23. The first-order valence-electron chi connectivity index (χ1n) is 17.0. The average molecular weight is 965 g/mol. The van der Waals surface area contributed by atoms with Crippen molar-refractivity contribution < 1.29 is 73.4 Å². The second-order valence-electron chi connectivity index (χ2n) is 11.8. The Kier molecular flexibility index (Phi) is 25.0. The normalized spacial score (nSPS) is 9.82. The van der Waals surface area contributed by atoms with Gasteiger partial charge in [0.2, 0.25) is 35.5 Å². The van der Waals surface area contributed by atoms with E-state index in [4.69, 9.17) is 35.0 Å². The molecule has 0 aliphatic heterocycles. The number of hydrogen-bond acceptors (Lipinski definition) is 16. The molecule has 0 unspecified atom stereocenters. The fraction of sp³-hybridized carbons (Fsp3) is 0.111. The summed E-state index contributed by atoms with van der Waals surface area (Å²) < 4.78 is 63.2. The van der Waals surface area contributed by atoms with Crippen molar-refractivity contribution in [2.24, 2.45) is 0 Å². The highest BCUT2D eigenvalue weighted by Gasteiger charge is 2.23. The number of hydrogen-bond donors (Lipinski definition) is 12. The number of nitrogens with zero attached hydrogens (tertiary/aromatic N) is 4. The number of nitrogens with one attached hydrogen (secondary N) is 8. The molecular formula is C36H44N12O16S2. The first-order chi connectivity index (χ1) is 30.2. The minimum atomic E-state index is -4.67. The van der Waals surface area contributed by atoms with Crippen LogP contribution < -0.4 is 42.5 Å². The monoisotopic (exact) mass is 964 g/mol. The molecule has 356 valence electrons. The zero-order valence-corrected chi connectivity index (χ0v) is 36.9. The largest absolute Gasteiger partial charge is 0.394 e. The van der Waals surface area contributed by atoms with E-state index in [0.29, 0.717) is 0 Å². The molecule has 12 N–H and O–H groups in total. The molecule has 2 heterocycles. The molecule has 0 saturated heterocycles. The molecule has 66 heavy (non-hydrogen) atoms. The lowest BCUT2D eigenvalue weighted by molar-refractivity contribution is -0.113. The van der Waals surface area contributed by atoms with Gasteiger partial charge in [-0.1, -0.05) is 52.6 Å². The van der Waals surface area contributed by atoms with Gasteiger partial charge in [-0.3, -0.25) is 67.2 Å². The fourth-order valence-corrected chi connectivity index (χ4v) is 3.16. The molecule has 30 heteroatoms. The summed E-state index contributed by atoms with van der Waals surface area (Å²) in [5.41, 5.74) is 0.413. The van der Waals surface area contributed by atoms with E-state index in [1.807, 2.05) is 0 Å². The molecule has 0 fully saturated rings. The number of carbonyl (C=O) groups is 8. The summed E-state index contributed by atoms with van der Waals surface area (Å²) >= 11 is 0. The number of rotatable bonds is 16. The second kappa shape index (κ2) is 27.6. The first kappa shape index (κ1) is 59.7. The number of carbonyl (C=O) groups excluding carboxylic acids is 8. The van der Waals surface area contributed by atoms with Crippen molar-refractivity contribution in [2.75, 3.05) is 42.5 Å². The standard InChI is InChI=1S/C20H24N6O4.C16H16N6O4.2H2O4S/c1-9(2)16(27)21-13-14(22-17(28)10(3)4)24-20(26-19(30)12(7)8)25-15(13)23-18(29)11(5)6;1-5-9(23)17-13-14(18-10(24)6-2)21-16(20-12(26)8-4)22-15(13)19-11(25)7-3;2*1-5(2,3)4/h1,3,5,7H2,2,4,6,8H3,(H,21,27)(H3,22,23,24,25,26,28,29,30);5-8H,1-4H2,(H,17,23)(H3,18,19,20,21,22,24,25,26);2*(H2,1,2,3,4). The predicted molar refractivity (Wildman–Crippen MR) is 242 cm³/mol. The van der Waals surface area contributed by atoms with Gasteiger partial charge in [0.1, 0.15) is 11.4 Å². The highest BCUT2D eigenvalue weighted by molar-refractivity contribution is 7.80. The third kappa shape index (κ3) is 26.1. The highest BCUT2D eigenvalue weighted by Crippen LogP contribution is 2.31. The lowest BCUT2D eigenvalue weighted by Crippen LogP contribution is -2.24. The van der Waals surface area contributed by atoms with Gasteiger partial charge in [0.05, 0.1) is 0 Å². The summed E-state index contributed by atoms with van der Waals surface area (Å²) in [5, 5.41) is 19.1. The van der Waals surface area contributed by atoms with E-state index >= 15 is 0 Å². The van der Waals surface area contributed by atoms with E-state index < -0.39 is 68.1 Å². The van der Waals surface area contributed by atoms with Gasteiger partial charge >= 0.3 is 20.8 Å². The maximum atomic E-state index is 12.2. The van der Waals surface area contributed by atoms with Gasteiger partial charge in [0, 0.05) is 22.3 Å². The van der Waals surface area contributed by atoms with Gasteiger partial charge in [-0.15, -0.1) is 0 Å². The summed E-state index contributed by atoms with van der Waals surface area (Å²) in [4.78, 5) is 111. The van der Waals surface area contributed by atoms with Gasteiger partial charge in [0.25, 0.3) is 23.6 Å². The van der Waals surface area contributed by atoms with E-state index in [9.17, 15) is 38.4 Å². The predicted octanol–water partition coefficient (Wildman–Crippen LogP) is 2.20. The van der Waals surface area contributed by atoms with Gasteiger partial charge in [-0.05, 0) is 52.0 Å².